The molecule has 1 amide bonds. The number of para-hydroxylation sites is 2. The van der Waals surface area contributed by atoms with Crippen LogP contribution in [0.1, 0.15) is 121 Å². The summed E-state index contributed by atoms with van der Waals surface area (Å²) in [4.78, 5) is 15.9. The average molecular weight is 823 g/mol. The third-order valence-electron chi connectivity index (χ3n) is 8.19. The maximum atomic E-state index is 12.2. The van der Waals surface area contributed by atoms with Gasteiger partial charge < -0.3 is 9.80 Å². The Balaban J connectivity index is 0.000000286. The number of amides is 1. The van der Waals surface area contributed by atoms with E-state index in [-0.39, 0.29) is 11.8 Å². The summed E-state index contributed by atoms with van der Waals surface area (Å²) in [6.07, 6.45) is -5.08. The Morgan fingerprint density at radius 3 is 1.54 bits per heavy atom. The normalized spacial score (nSPS) is 13.7. The second-order valence-electron chi connectivity index (χ2n) is 13.9. The Bertz CT molecular complexity index is 1520. The van der Waals surface area contributed by atoms with Gasteiger partial charge in [-0.1, -0.05) is 91.8 Å². The van der Waals surface area contributed by atoms with Gasteiger partial charge in [0.2, 0.25) is 0 Å². The molecule has 1 saturated heterocycles. The van der Waals surface area contributed by atoms with Gasteiger partial charge in [-0.05, 0) is 45.9 Å². The van der Waals surface area contributed by atoms with Crippen molar-refractivity contribution in [1.29, 1.82) is 0 Å². The molecule has 4 rings (SSSR count). The molecule has 50 heavy (non-hydrogen) atoms. The number of hydrogen-bond acceptors (Lipinski definition) is 4. The molecule has 0 radical (unpaired) electrons. The summed E-state index contributed by atoms with van der Waals surface area (Å²) in [6, 6.07) is 17.8. The van der Waals surface area contributed by atoms with E-state index in [2.05, 4.69) is 108 Å². The SMILES string of the molecule is CC(C)Oc1ccc(NC(=O)C(F)(F)F)cc1[CH]=[Ru]([Cl])[Cl].CC(C)c1cccc(C(C)C)c1N1[CH-]N(c2c(C(C)C)cccc2C(C)C)CC1. The van der Waals surface area contributed by atoms with Crippen molar-refractivity contribution in [2.45, 2.75) is 105 Å². The minimum Gasteiger partial charge on any atom is -0.502 e. The van der Waals surface area contributed by atoms with Crippen molar-refractivity contribution in [2.75, 3.05) is 28.2 Å². The van der Waals surface area contributed by atoms with Crippen LogP contribution in [0, 0.1) is 6.67 Å². The Labute approximate surface area is 310 Å². The van der Waals surface area contributed by atoms with Gasteiger partial charge in [0.15, 0.2) is 0 Å². The van der Waals surface area contributed by atoms with Crippen molar-refractivity contribution < 1.29 is 36.2 Å². The number of halogens is 5. The molecule has 1 N–H and O–H groups in total. The number of carbonyl (C=O) groups excluding carboxylic acids is 1. The summed E-state index contributed by atoms with van der Waals surface area (Å²) in [7, 11) is 11.6. The molecule has 1 aliphatic rings. The van der Waals surface area contributed by atoms with E-state index in [1.54, 1.807) is 19.2 Å². The van der Waals surface area contributed by atoms with Gasteiger partial charge in [0.1, 0.15) is 0 Å². The second-order valence-corrected chi connectivity index (χ2v) is 19.6. The molecule has 5 nitrogen and oxygen atoms in total. The van der Waals surface area contributed by atoms with Crippen molar-refractivity contribution in [2.24, 2.45) is 0 Å². The molecular formula is C39H51Cl2F3N3O2Ru-. The molecule has 0 aromatic heterocycles. The van der Waals surface area contributed by atoms with E-state index in [1.165, 1.54) is 56.4 Å². The summed E-state index contributed by atoms with van der Waals surface area (Å²) in [5.41, 5.74) is 9.11. The minimum atomic E-state index is -4.95. The van der Waals surface area contributed by atoms with E-state index in [4.69, 9.17) is 24.1 Å². The first-order chi connectivity index (χ1) is 23.3. The van der Waals surface area contributed by atoms with Crippen molar-refractivity contribution in [3.63, 3.8) is 0 Å². The molecule has 0 unspecified atom stereocenters. The summed E-state index contributed by atoms with van der Waals surface area (Å²) in [6.45, 7) is 26.5. The van der Waals surface area contributed by atoms with Crippen LogP contribution in [0.4, 0.5) is 30.2 Å². The summed E-state index contributed by atoms with van der Waals surface area (Å²) in [5.74, 6) is 0.452. The monoisotopic (exact) mass is 822 g/mol. The predicted molar refractivity (Wildman–Crippen MR) is 202 cm³/mol. The smallest absolute Gasteiger partial charge is 0.0156 e. The number of nitrogens with one attached hydrogen (secondary N) is 1. The standard InChI is InChI=1S/C27H39N2.C12H12F3NO2.2ClH.Ru/c1-18(2)22-11-9-12-23(19(3)4)26(22)28-15-16-29(17-28)27-24(20(5)6)13-10-14-25(27)21(7)8;1-7(2)18-10-5-4-9(6-8(10)3)16-11(17)12(13,14)15;;;/h9-14,17-21H,15-16H2,1-8H3;3-7H,1-2H3,(H,16,17);2*1H;/q-1;;;;+2/p-2. The Morgan fingerprint density at radius 2 is 1.20 bits per heavy atom. The first kappa shape index (κ1) is 41.8. The number of ether oxygens (including phenoxy) is 1. The Morgan fingerprint density at radius 1 is 0.780 bits per heavy atom. The molecule has 0 spiro atoms. The zero-order valence-electron chi connectivity index (χ0n) is 30.6. The molecule has 1 fully saturated rings. The van der Waals surface area contributed by atoms with Gasteiger partial charge in [0.05, 0.1) is 0 Å². The van der Waals surface area contributed by atoms with E-state index in [0.717, 1.165) is 13.1 Å². The second kappa shape index (κ2) is 18.2. The van der Waals surface area contributed by atoms with Crippen molar-refractivity contribution >= 4 is 47.0 Å². The van der Waals surface area contributed by atoms with Gasteiger partial charge in [-0.3, -0.25) is 0 Å². The summed E-state index contributed by atoms with van der Waals surface area (Å²) in [5, 5.41) is 1.77. The average Bonchev–Trinajstić information content (AvgIpc) is 3.50. The van der Waals surface area contributed by atoms with E-state index in [9.17, 15) is 18.0 Å². The number of alkyl halides is 3. The van der Waals surface area contributed by atoms with Crippen molar-refractivity contribution in [3.8, 4) is 5.75 Å². The number of rotatable bonds is 10. The van der Waals surface area contributed by atoms with Crippen LogP contribution in [0.25, 0.3) is 0 Å². The number of nitrogens with zero attached hydrogens (tertiary/aromatic N) is 2. The number of benzene rings is 3. The zero-order chi connectivity index (χ0) is 37.5. The number of anilines is 3. The summed E-state index contributed by atoms with van der Waals surface area (Å²) >= 11 is -2.20. The van der Waals surface area contributed by atoms with Crippen LogP contribution < -0.4 is 19.9 Å². The van der Waals surface area contributed by atoms with Gasteiger partial charge in [-0.2, -0.15) is 6.67 Å². The van der Waals surface area contributed by atoms with Gasteiger partial charge in [0, 0.05) is 24.5 Å². The molecule has 1 heterocycles. The van der Waals surface area contributed by atoms with Gasteiger partial charge in [0.25, 0.3) is 0 Å². The fourth-order valence-corrected chi connectivity index (χ4v) is 7.66. The van der Waals surface area contributed by atoms with Crippen LogP contribution in [0.3, 0.4) is 0 Å². The quantitative estimate of drug-likeness (QED) is 0.163. The Hall–Kier alpha value is -2.61. The molecular weight excluding hydrogens is 771 g/mol. The van der Waals surface area contributed by atoms with Gasteiger partial charge in [-0.25, -0.2) is 0 Å². The van der Waals surface area contributed by atoms with Crippen molar-refractivity contribution in [1.82, 2.24) is 0 Å². The van der Waals surface area contributed by atoms with Crippen molar-refractivity contribution in [3.05, 3.63) is 89.1 Å². The molecule has 3 aromatic carbocycles. The molecule has 0 bridgehead atoms. The molecule has 3 aromatic rings. The van der Waals surface area contributed by atoms with Gasteiger partial charge in [-0.15, -0.1) is 0 Å². The molecule has 0 saturated carbocycles. The predicted octanol–water partition coefficient (Wildman–Crippen LogP) is 11.7. The third-order valence-corrected chi connectivity index (χ3v) is 10.0. The molecule has 1 aliphatic heterocycles. The number of hydrogen-bond donors (Lipinski definition) is 1. The van der Waals surface area contributed by atoms with Crippen LogP contribution in [-0.4, -0.2) is 35.9 Å². The maximum absolute atomic E-state index is 12.2. The van der Waals surface area contributed by atoms with Crippen LogP contribution in [-0.2, 0) is 18.3 Å². The van der Waals surface area contributed by atoms with Crippen LogP contribution in [0.15, 0.2) is 54.6 Å². The van der Waals surface area contributed by atoms with Crippen LogP contribution >= 0.6 is 19.4 Å². The molecule has 0 aliphatic carbocycles. The fourth-order valence-electron chi connectivity index (χ4n) is 5.88. The van der Waals surface area contributed by atoms with E-state index in [1.807, 2.05) is 0 Å². The van der Waals surface area contributed by atoms with E-state index in [0.29, 0.717) is 35.0 Å². The molecule has 278 valence electrons. The number of carbonyl (C=O) groups is 1. The van der Waals surface area contributed by atoms with Crippen LogP contribution in [0.5, 0.6) is 5.75 Å². The van der Waals surface area contributed by atoms with Crippen LogP contribution in [0.2, 0.25) is 0 Å². The topological polar surface area (TPSA) is 44.8 Å². The zero-order valence-corrected chi connectivity index (χ0v) is 33.9. The van der Waals surface area contributed by atoms with Gasteiger partial charge >= 0.3 is 133 Å². The summed E-state index contributed by atoms with van der Waals surface area (Å²) < 4.78 is 43.7. The minimum absolute atomic E-state index is 0.0107. The first-order valence-corrected chi connectivity index (χ1v) is 22.5. The molecule has 11 heteroatoms. The van der Waals surface area contributed by atoms with E-state index >= 15 is 0 Å². The fraction of sp³-hybridized carbons (Fsp3) is 0.462. The Kier molecular flexibility index (Phi) is 15.3. The first-order valence-electron chi connectivity index (χ1n) is 17.0. The maximum Gasteiger partial charge on any atom is 0.0156 e. The largest absolute Gasteiger partial charge is 0.502 e. The molecule has 0 atom stereocenters. The third kappa shape index (κ3) is 11.2. The van der Waals surface area contributed by atoms with E-state index < -0.39 is 25.6 Å².